The van der Waals surface area contributed by atoms with Gasteiger partial charge in [0.05, 0.1) is 6.54 Å². The molecule has 2 heterocycles. The quantitative estimate of drug-likeness (QED) is 0.929. The summed E-state index contributed by atoms with van der Waals surface area (Å²) in [6.45, 7) is 1.40. The van der Waals surface area contributed by atoms with Gasteiger partial charge in [-0.1, -0.05) is 0 Å². The first kappa shape index (κ1) is 11.5. The van der Waals surface area contributed by atoms with Crippen LogP contribution in [0.3, 0.4) is 0 Å². The highest BCUT2D eigenvalue weighted by molar-refractivity contribution is 9.10. The lowest BCUT2D eigenvalue weighted by atomic mass is 10.4. The number of ether oxygens (including phenoxy) is 2. The van der Waals surface area contributed by atoms with E-state index in [0.29, 0.717) is 19.8 Å². The Morgan fingerprint density at radius 2 is 2.44 bits per heavy atom. The smallest absolute Gasteiger partial charge is 0.289 e. The van der Waals surface area contributed by atoms with Gasteiger partial charge in [-0.15, -0.1) is 11.3 Å². The molecule has 1 aromatic heterocycles. The van der Waals surface area contributed by atoms with E-state index in [4.69, 9.17) is 9.47 Å². The number of rotatable bonds is 3. The Morgan fingerprint density at radius 1 is 1.56 bits per heavy atom. The SMILES string of the molecule is O=C(NCc1sccc1Br)C1=COCCO1. The summed E-state index contributed by atoms with van der Waals surface area (Å²) in [6, 6.07) is 1.95. The predicted molar refractivity (Wildman–Crippen MR) is 63.9 cm³/mol. The second kappa shape index (κ2) is 5.36. The number of thiophene rings is 1. The van der Waals surface area contributed by atoms with Crippen LogP contribution in [0.4, 0.5) is 0 Å². The summed E-state index contributed by atoms with van der Waals surface area (Å²) in [5.74, 6) is -0.0149. The van der Waals surface area contributed by atoms with E-state index < -0.39 is 0 Å². The van der Waals surface area contributed by atoms with Crippen molar-refractivity contribution in [2.75, 3.05) is 13.2 Å². The second-order valence-corrected chi connectivity index (χ2v) is 4.93. The van der Waals surface area contributed by atoms with Gasteiger partial charge in [0.1, 0.15) is 19.5 Å². The highest BCUT2D eigenvalue weighted by Gasteiger charge is 2.14. The van der Waals surface area contributed by atoms with Crippen LogP contribution in [0.2, 0.25) is 0 Å². The maximum absolute atomic E-state index is 11.6. The molecule has 1 N–H and O–H groups in total. The number of carbonyl (C=O) groups excluding carboxylic acids is 1. The Labute approximate surface area is 105 Å². The van der Waals surface area contributed by atoms with Gasteiger partial charge in [0, 0.05) is 9.35 Å². The molecule has 0 aliphatic carbocycles. The van der Waals surface area contributed by atoms with Crippen LogP contribution >= 0.6 is 27.3 Å². The third-order valence-electron chi connectivity index (χ3n) is 1.97. The molecule has 0 fully saturated rings. The molecule has 1 aliphatic heterocycles. The molecule has 0 aromatic carbocycles. The molecule has 6 heteroatoms. The van der Waals surface area contributed by atoms with E-state index >= 15 is 0 Å². The molecule has 86 valence electrons. The molecular formula is C10H10BrNO3S. The summed E-state index contributed by atoms with van der Waals surface area (Å²) in [5, 5.41) is 4.73. The lowest BCUT2D eigenvalue weighted by Crippen LogP contribution is -2.27. The summed E-state index contributed by atoms with van der Waals surface area (Å²) in [6.07, 6.45) is 1.35. The van der Waals surface area contributed by atoms with Crippen LogP contribution in [0.1, 0.15) is 4.88 Å². The zero-order chi connectivity index (χ0) is 11.4. The summed E-state index contributed by atoms with van der Waals surface area (Å²) in [4.78, 5) is 12.7. The Morgan fingerprint density at radius 3 is 3.06 bits per heavy atom. The van der Waals surface area contributed by atoms with Gasteiger partial charge in [0.15, 0.2) is 0 Å². The van der Waals surface area contributed by atoms with E-state index in [1.807, 2.05) is 11.4 Å². The molecule has 0 saturated heterocycles. The molecule has 0 saturated carbocycles. The van der Waals surface area contributed by atoms with Crippen LogP contribution < -0.4 is 5.32 Å². The van der Waals surface area contributed by atoms with Crippen molar-refractivity contribution in [1.82, 2.24) is 5.32 Å². The molecule has 0 bridgehead atoms. The number of amides is 1. The Hall–Kier alpha value is -1.01. The van der Waals surface area contributed by atoms with Gasteiger partial charge in [0.25, 0.3) is 5.91 Å². The molecule has 0 radical (unpaired) electrons. The maximum Gasteiger partial charge on any atom is 0.289 e. The minimum Gasteiger partial charge on any atom is -0.494 e. The monoisotopic (exact) mass is 303 g/mol. The van der Waals surface area contributed by atoms with Gasteiger partial charge in [-0.25, -0.2) is 0 Å². The van der Waals surface area contributed by atoms with E-state index in [1.54, 1.807) is 11.3 Å². The fraction of sp³-hybridized carbons (Fsp3) is 0.300. The molecular weight excluding hydrogens is 294 g/mol. The van der Waals surface area contributed by atoms with Crippen molar-refractivity contribution in [3.05, 3.63) is 32.8 Å². The molecule has 1 aromatic rings. The number of hydrogen-bond acceptors (Lipinski definition) is 4. The van der Waals surface area contributed by atoms with Gasteiger partial charge in [0.2, 0.25) is 5.76 Å². The maximum atomic E-state index is 11.6. The molecule has 0 atom stereocenters. The highest BCUT2D eigenvalue weighted by atomic mass is 79.9. The van der Waals surface area contributed by atoms with E-state index in [9.17, 15) is 4.79 Å². The molecule has 16 heavy (non-hydrogen) atoms. The topological polar surface area (TPSA) is 47.6 Å². The Bertz CT molecular complexity index is 416. The van der Waals surface area contributed by atoms with E-state index in [-0.39, 0.29) is 11.7 Å². The van der Waals surface area contributed by atoms with Crippen molar-refractivity contribution in [3.8, 4) is 0 Å². The Kier molecular flexibility index (Phi) is 3.84. The number of hydrogen-bond donors (Lipinski definition) is 1. The second-order valence-electron chi connectivity index (χ2n) is 3.08. The van der Waals surface area contributed by atoms with Gasteiger partial charge in [-0.2, -0.15) is 0 Å². The highest BCUT2D eigenvalue weighted by Crippen LogP contribution is 2.22. The first-order valence-corrected chi connectivity index (χ1v) is 6.39. The van der Waals surface area contributed by atoms with Crippen molar-refractivity contribution >= 4 is 33.2 Å². The van der Waals surface area contributed by atoms with Crippen molar-refractivity contribution < 1.29 is 14.3 Å². The summed E-state index contributed by atoms with van der Waals surface area (Å²) in [7, 11) is 0. The number of nitrogens with one attached hydrogen (secondary N) is 1. The van der Waals surface area contributed by atoms with Crippen LogP contribution in [0.5, 0.6) is 0 Å². The summed E-state index contributed by atoms with van der Waals surface area (Å²) in [5.41, 5.74) is 0. The molecule has 4 nitrogen and oxygen atoms in total. The minimum absolute atomic E-state index is 0.235. The van der Waals surface area contributed by atoms with Crippen molar-refractivity contribution in [2.24, 2.45) is 0 Å². The van der Waals surface area contributed by atoms with Crippen molar-refractivity contribution in [1.29, 1.82) is 0 Å². The third kappa shape index (κ3) is 2.76. The van der Waals surface area contributed by atoms with Crippen LogP contribution in [0.15, 0.2) is 27.9 Å². The number of carbonyl (C=O) groups is 1. The number of halogens is 1. The van der Waals surface area contributed by atoms with Crippen LogP contribution in [0.25, 0.3) is 0 Å². The standard InChI is InChI=1S/C10H10BrNO3S/c11-7-1-4-16-9(7)5-12-10(13)8-6-14-2-3-15-8/h1,4,6H,2-3,5H2,(H,12,13). The summed E-state index contributed by atoms with van der Waals surface area (Å²) >= 11 is 4.99. The minimum atomic E-state index is -0.250. The van der Waals surface area contributed by atoms with Crippen molar-refractivity contribution in [2.45, 2.75) is 6.54 Å². The largest absolute Gasteiger partial charge is 0.494 e. The third-order valence-corrected chi connectivity index (χ3v) is 3.90. The molecule has 1 amide bonds. The van der Waals surface area contributed by atoms with E-state index in [0.717, 1.165) is 9.35 Å². The van der Waals surface area contributed by atoms with E-state index in [2.05, 4.69) is 21.2 Å². The zero-order valence-corrected chi connectivity index (χ0v) is 10.8. The molecule has 0 unspecified atom stereocenters. The molecule has 0 spiro atoms. The first-order valence-electron chi connectivity index (χ1n) is 4.72. The average molecular weight is 304 g/mol. The van der Waals surface area contributed by atoms with Gasteiger partial charge in [-0.3, -0.25) is 4.79 Å². The van der Waals surface area contributed by atoms with Crippen LogP contribution in [-0.4, -0.2) is 19.1 Å². The lowest BCUT2D eigenvalue weighted by molar-refractivity contribution is -0.122. The molecule has 1 aliphatic rings. The first-order chi connectivity index (χ1) is 7.77. The van der Waals surface area contributed by atoms with Crippen LogP contribution in [0, 0.1) is 0 Å². The van der Waals surface area contributed by atoms with Gasteiger partial charge in [-0.05, 0) is 27.4 Å². The van der Waals surface area contributed by atoms with Gasteiger partial charge < -0.3 is 14.8 Å². The normalized spacial score (nSPS) is 14.7. The van der Waals surface area contributed by atoms with E-state index in [1.165, 1.54) is 6.26 Å². The average Bonchev–Trinajstić information content (AvgIpc) is 2.73. The summed E-state index contributed by atoms with van der Waals surface area (Å²) < 4.78 is 11.2. The Balaban J connectivity index is 1.88. The molecule has 2 rings (SSSR count). The fourth-order valence-corrected chi connectivity index (χ4v) is 2.62. The van der Waals surface area contributed by atoms with Crippen LogP contribution in [-0.2, 0) is 20.8 Å². The van der Waals surface area contributed by atoms with Gasteiger partial charge >= 0.3 is 0 Å². The fourth-order valence-electron chi connectivity index (χ4n) is 1.19. The lowest BCUT2D eigenvalue weighted by Gasteiger charge is -2.14. The predicted octanol–water partition coefficient (Wildman–Crippen LogP) is 2.01. The van der Waals surface area contributed by atoms with Crippen molar-refractivity contribution in [3.63, 3.8) is 0 Å². The zero-order valence-electron chi connectivity index (χ0n) is 8.36.